The molecule has 24 heavy (non-hydrogen) atoms. The molecule has 2 N–H and O–H groups in total. The number of carbonyl (C=O) groups is 2. The van der Waals surface area contributed by atoms with E-state index in [1.54, 1.807) is 31.3 Å². The molecule has 1 heterocycles. The third kappa shape index (κ3) is 3.56. The maximum absolute atomic E-state index is 12.4. The second kappa shape index (κ2) is 7.17. The van der Waals surface area contributed by atoms with Crippen molar-refractivity contribution in [3.05, 3.63) is 65.7 Å². The summed E-state index contributed by atoms with van der Waals surface area (Å²) in [6.45, 7) is 1.48. The van der Waals surface area contributed by atoms with Gasteiger partial charge in [0, 0.05) is 37.3 Å². The molecule has 1 fully saturated rings. The molecule has 1 atom stereocenters. The fourth-order valence-corrected chi connectivity index (χ4v) is 2.99. The number of carbonyl (C=O) groups excluding carboxylic acids is 2. The van der Waals surface area contributed by atoms with Gasteiger partial charge in [0.15, 0.2) is 0 Å². The van der Waals surface area contributed by atoms with Gasteiger partial charge in [0.25, 0.3) is 5.91 Å². The molecule has 3 amide bonds. The first-order valence-electron chi connectivity index (χ1n) is 8.10. The fourth-order valence-electron chi connectivity index (χ4n) is 2.99. The molecular formula is C19H21N3O2. The van der Waals surface area contributed by atoms with Crippen LogP contribution in [0.1, 0.15) is 28.3 Å². The maximum Gasteiger partial charge on any atom is 0.321 e. The normalized spacial score (nSPS) is 16.7. The summed E-state index contributed by atoms with van der Waals surface area (Å²) in [5, 5.41) is 5.47. The zero-order valence-electron chi connectivity index (χ0n) is 13.7. The molecule has 2 aromatic rings. The van der Waals surface area contributed by atoms with E-state index in [0.29, 0.717) is 17.2 Å². The molecule has 1 saturated heterocycles. The van der Waals surface area contributed by atoms with Crippen molar-refractivity contribution in [2.75, 3.05) is 25.5 Å². The Bertz CT molecular complexity index is 713. The van der Waals surface area contributed by atoms with E-state index in [0.717, 1.165) is 19.5 Å². The van der Waals surface area contributed by atoms with Crippen LogP contribution >= 0.6 is 0 Å². The first-order chi connectivity index (χ1) is 11.7. The minimum Gasteiger partial charge on any atom is -0.355 e. The van der Waals surface area contributed by atoms with Gasteiger partial charge in [-0.25, -0.2) is 4.79 Å². The Balaban J connectivity index is 1.59. The highest BCUT2D eigenvalue weighted by Crippen LogP contribution is 2.27. The smallest absolute Gasteiger partial charge is 0.321 e. The van der Waals surface area contributed by atoms with E-state index in [-0.39, 0.29) is 11.9 Å². The standard InChI is InChI=1S/C19H21N3O2/c1-20-18(23)15-7-9-17(10-8-15)21-19(24)22-12-11-16(13-22)14-5-3-2-4-6-14/h2-10,16H,11-13H2,1H3,(H,20,23)(H,21,24)/t16-/m0/s1. The summed E-state index contributed by atoms with van der Waals surface area (Å²) in [7, 11) is 1.59. The molecule has 0 aliphatic carbocycles. The Labute approximate surface area is 141 Å². The van der Waals surface area contributed by atoms with E-state index >= 15 is 0 Å². The molecule has 3 rings (SSSR count). The Morgan fingerprint density at radius 2 is 1.75 bits per heavy atom. The van der Waals surface area contributed by atoms with Crippen molar-refractivity contribution in [2.24, 2.45) is 0 Å². The van der Waals surface area contributed by atoms with Crippen LogP contribution < -0.4 is 10.6 Å². The molecule has 0 saturated carbocycles. The number of amides is 3. The molecule has 5 nitrogen and oxygen atoms in total. The van der Waals surface area contributed by atoms with Crippen LogP contribution in [0.5, 0.6) is 0 Å². The Hall–Kier alpha value is -2.82. The van der Waals surface area contributed by atoms with Gasteiger partial charge in [-0.1, -0.05) is 30.3 Å². The first kappa shape index (κ1) is 16.1. The van der Waals surface area contributed by atoms with Crippen molar-refractivity contribution < 1.29 is 9.59 Å². The van der Waals surface area contributed by atoms with E-state index < -0.39 is 0 Å². The van der Waals surface area contributed by atoms with E-state index in [1.165, 1.54) is 5.56 Å². The summed E-state index contributed by atoms with van der Waals surface area (Å²) in [6.07, 6.45) is 0.979. The van der Waals surface area contributed by atoms with Crippen molar-refractivity contribution in [1.82, 2.24) is 10.2 Å². The molecule has 5 heteroatoms. The van der Waals surface area contributed by atoms with Crippen molar-refractivity contribution in [3.63, 3.8) is 0 Å². The lowest BCUT2D eigenvalue weighted by atomic mass is 9.99. The third-order valence-electron chi connectivity index (χ3n) is 4.37. The Morgan fingerprint density at radius 3 is 2.42 bits per heavy atom. The van der Waals surface area contributed by atoms with Crippen LogP contribution in [0.15, 0.2) is 54.6 Å². The molecule has 0 spiro atoms. The lowest BCUT2D eigenvalue weighted by Gasteiger charge is -2.17. The topological polar surface area (TPSA) is 61.4 Å². The number of rotatable bonds is 3. The van der Waals surface area contributed by atoms with Crippen LogP contribution in [0, 0.1) is 0 Å². The lowest BCUT2D eigenvalue weighted by Crippen LogP contribution is -2.32. The van der Waals surface area contributed by atoms with Crippen molar-refractivity contribution in [1.29, 1.82) is 0 Å². The summed E-state index contributed by atoms with van der Waals surface area (Å²) in [4.78, 5) is 25.8. The number of hydrogen-bond acceptors (Lipinski definition) is 2. The third-order valence-corrected chi connectivity index (χ3v) is 4.37. The first-order valence-corrected chi connectivity index (χ1v) is 8.10. The van der Waals surface area contributed by atoms with Gasteiger partial charge in [-0.3, -0.25) is 4.79 Å². The van der Waals surface area contributed by atoms with Gasteiger partial charge in [-0.2, -0.15) is 0 Å². The highest BCUT2D eigenvalue weighted by Gasteiger charge is 2.27. The van der Waals surface area contributed by atoms with E-state index in [1.807, 2.05) is 23.1 Å². The van der Waals surface area contributed by atoms with Gasteiger partial charge in [0.1, 0.15) is 0 Å². The van der Waals surface area contributed by atoms with Crippen LogP contribution in [0.2, 0.25) is 0 Å². The zero-order valence-corrected chi connectivity index (χ0v) is 13.7. The molecule has 0 unspecified atom stereocenters. The van der Waals surface area contributed by atoms with Gasteiger partial charge in [-0.15, -0.1) is 0 Å². The summed E-state index contributed by atoms with van der Waals surface area (Å²) in [5.41, 5.74) is 2.54. The number of hydrogen-bond donors (Lipinski definition) is 2. The van der Waals surface area contributed by atoms with Gasteiger partial charge in [-0.05, 0) is 36.2 Å². The summed E-state index contributed by atoms with van der Waals surface area (Å²) >= 11 is 0. The highest BCUT2D eigenvalue weighted by molar-refractivity contribution is 5.95. The number of anilines is 1. The molecule has 0 aromatic heterocycles. The monoisotopic (exact) mass is 323 g/mol. The molecule has 0 bridgehead atoms. The van der Waals surface area contributed by atoms with Crippen LogP contribution in [0.25, 0.3) is 0 Å². The summed E-state index contributed by atoms with van der Waals surface area (Å²) < 4.78 is 0. The van der Waals surface area contributed by atoms with E-state index in [9.17, 15) is 9.59 Å². The molecule has 124 valence electrons. The van der Waals surface area contributed by atoms with Gasteiger partial charge in [0.2, 0.25) is 0 Å². The van der Waals surface area contributed by atoms with E-state index in [4.69, 9.17) is 0 Å². The van der Waals surface area contributed by atoms with Crippen molar-refractivity contribution in [3.8, 4) is 0 Å². The number of nitrogens with one attached hydrogen (secondary N) is 2. The predicted octanol–water partition coefficient (Wildman–Crippen LogP) is 3.07. The van der Waals surface area contributed by atoms with Crippen LogP contribution in [-0.4, -0.2) is 37.0 Å². The average molecular weight is 323 g/mol. The molecule has 1 aliphatic heterocycles. The fraction of sp³-hybridized carbons (Fsp3) is 0.263. The number of benzene rings is 2. The van der Waals surface area contributed by atoms with Gasteiger partial charge in [0.05, 0.1) is 0 Å². The second-order valence-electron chi connectivity index (χ2n) is 5.93. The van der Waals surface area contributed by atoms with Crippen LogP contribution in [0.3, 0.4) is 0 Å². The molecule has 1 aliphatic rings. The number of nitrogens with zero attached hydrogens (tertiary/aromatic N) is 1. The predicted molar refractivity (Wildman–Crippen MR) is 94.2 cm³/mol. The van der Waals surface area contributed by atoms with Crippen molar-refractivity contribution in [2.45, 2.75) is 12.3 Å². The minimum absolute atomic E-state index is 0.0962. The zero-order chi connectivity index (χ0) is 16.9. The quantitative estimate of drug-likeness (QED) is 0.912. The van der Waals surface area contributed by atoms with Crippen LogP contribution in [0.4, 0.5) is 10.5 Å². The number of likely N-dealkylation sites (tertiary alicyclic amines) is 1. The second-order valence-corrected chi connectivity index (χ2v) is 5.93. The average Bonchev–Trinajstić information content (AvgIpc) is 3.13. The highest BCUT2D eigenvalue weighted by atomic mass is 16.2. The minimum atomic E-state index is -0.141. The van der Waals surface area contributed by atoms with Gasteiger partial charge < -0.3 is 15.5 Å². The SMILES string of the molecule is CNC(=O)c1ccc(NC(=O)N2CC[C@H](c3ccccc3)C2)cc1. The largest absolute Gasteiger partial charge is 0.355 e. The summed E-state index contributed by atoms with van der Waals surface area (Å²) in [6, 6.07) is 17.1. The molecular weight excluding hydrogens is 302 g/mol. The van der Waals surface area contributed by atoms with E-state index in [2.05, 4.69) is 22.8 Å². The van der Waals surface area contributed by atoms with Crippen molar-refractivity contribution >= 4 is 17.6 Å². The molecule has 0 radical (unpaired) electrons. The Kier molecular flexibility index (Phi) is 4.79. The lowest BCUT2D eigenvalue weighted by molar-refractivity contribution is 0.0963. The van der Waals surface area contributed by atoms with Crippen LogP contribution in [-0.2, 0) is 0 Å². The summed E-state index contributed by atoms with van der Waals surface area (Å²) in [5.74, 6) is 0.255. The molecule has 2 aromatic carbocycles. The maximum atomic E-state index is 12.4. The number of urea groups is 1. The van der Waals surface area contributed by atoms with Gasteiger partial charge >= 0.3 is 6.03 Å². The Morgan fingerprint density at radius 1 is 1.04 bits per heavy atom.